The van der Waals surface area contributed by atoms with Gasteiger partial charge in [-0.25, -0.2) is 4.79 Å². The predicted octanol–water partition coefficient (Wildman–Crippen LogP) is 0.697. The van der Waals surface area contributed by atoms with Crippen molar-refractivity contribution in [2.45, 2.75) is 13.0 Å². The second-order valence-corrected chi connectivity index (χ2v) is 4.01. The Morgan fingerprint density at radius 1 is 1.32 bits per heavy atom. The Labute approximate surface area is 110 Å². The van der Waals surface area contributed by atoms with Crippen LogP contribution in [0.25, 0.3) is 0 Å². The minimum absolute atomic E-state index is 0.281. The van der Waals surface area contributed by atoms with Gasteiger partial charge in [0.25, 0.3) is 0 Å². The molecule has 102 valence electrons. The third-order valence-electron chi connectivity index (χ3n) is 2.53. The molecule has 1 N–H and O–H groups in total. The molecule has 0 aromatic heterocycles. The lowest BCUT2D eigenvalue weighted by molar-refractivity contribution is -0.151. The summed E-state index contributed by atoms with van der Waals surface area (Å²) in [7, 11) is 3.05. The van der Waals surface area contributed by atoms with Crippen LogP contribution >= 0.6 is 0 Å². The first-order valence-electron chi connectivity index (χ1n) is 5.57. The van der Waals surface area contributed by atoms with Crippen LogP contribution in [0.4, 0.5) is 0 Å². The first-order valence-corrected chi connectivity index (χ1v) is 5.57. The predicted molar refractivity (Wildman–Crippen MR) is 66.7 cm³/mol. The van der Waals surface area contributed by atoms with Gasteiger partial charge in [0.1, 0.15) is 5.75 Å². The van der Waals surface area contributed by atoms with Gasteiger partial charge in [-0.3, -0.25) is 9.59 Å². The summed E-state index contributed by atoms with van der Waals surface area (Å²) in [6.45, 7) is 0.281. The van der Waals surface area contributed by atoms with Crippen molar-refractivity contribution in [2.24, 2.45) is 0 Å². The zero-order valence-corrected chi connectivity index (χ0v) is 10.8. The summed E-state index contributed by atoms with van der Waals surface area (Å²) in [5.41, 5.74) is 0.831. The van der Waals surface area contributed by atoms with E-state index in [1.54, 1.807) is 25.3 Å². The molecule has 1 amide bonds. The smallest absolute Gasteiger partial charge is 0.372 e. The Morgan fingerprint density at radius 3 is 2.58 bits per heavy atom. The van der Waals surface area contributed by atoms with Gasteiger partial charge < -0.3 is 14.7 Å². The van der Waals surface area contributed by atoms with Gasteiger partial charge in [-0.1, -0.05) is 12.1 Å². The zero-order valence-electron chi connectivity index (χ0n) is 10.8. The van der Waals surface area contributed by atoms with Crippen molar-refractivity contribution in [3.8, 4) is 5.75 Å². The van der Waals surface area contributed by atoms with Gasteiger partial charge in [0.05, 0.1) is 13.5 Å². The fourth-order valence-corrected chi connectivity index (χ4v) is 1.48. The topological polar surface area (TPSA) is 83.9 Å². The standard InChI is InChI=1S/C13H15NO5/c1-14(12(16)7-11(15)13(17)18)8-9-4-3-5-10(6-9)19-2/h3-6H,7-8H2,1-2H3,(H,17,18). The molecule has 0 aliphatic carbocycles. The number of hydrogen-bond acceptors (Lipinski definition) is 4. The number of Topliss-reactive ketones (excluding diaryl/α,β-unsaturated/α-hetero) is 1. The molecule has 0 aliphatic heterocycles. The maximum atomic E-state index is 11.6. The zero-order chi connectivity index (χ0) is 14.4. The molecule has 19 heavy (non-hydrogen) atoms. The lowest BCUT2D eigenvalue weighted by atomic mass is 10.2. The van der Waals surface area contributed by atoms with Gasteiger partial charge in [0, 0.05) is 13.6 Å². The van der Waals surface area contributed by atoms with E-state index in [0.29, 0.717) is 5.75 Å². The Morgan fingerprint density at radius 2 is 2.00 bits per heavy atom. The lowest BCUT2D eigenvalue weighted by Crippen LogP contribution is -2.30. The highest BCUT2D eigenvalue weighted by Crippen LogP contribution is 2.14. The fraction of sp³-hybridized carbons (Fsp3) is 0.308. The average molecular weight is 265 g/mol. The summed E-state index contributed by atoms with van der Waals surface area (Å²) in [6, 6.07) is 7.14. The molecule has 1 rings (SSSR count). The number of carbonyl (C=O) groups is 3. The van der Waals surface area contributed by atoms with E-state index in [1.165, 1.54) is 11.9 Å². The second kappa shape index (κ2) is 6.53. The first kappa shape index (κ1) is 14.7. The van der Waals surface area contributed by atoms with E-state index < -0.39 is 24.1 Å². The van der Waals surface area contributed by atoms with E-state index in [1.807, 2.05) is 6.07 Å². The Kier molecular flexibility index (Phi) is 5.05. The molecule has 0 atom stereocenters. The highest BCUT2D eigenvalue weighted by Gasteiger charge is 2.19. The number of carboxylic acid groups (broad SMARTS) is 1. The maximum Gasteiger partial charge on any atom is 0.372 e. The number of hydrogen-bond donors (Lipinski definition) is 1. The number of benzene rings is 1. The maximum absolute atomic E-state index is 11.6. The molecule has 1 aromatic carbocycles. The molecule has 1 aromatic rings. The van der Waals surface area contributed by atoms with E-state index in [-0.39, 0.29) is 6.54 Å². The van der Waals surface area contributed by atoms with Crippen molar-refractivity contribution in [1.29, 1.82) is 0 Å². The first-order chi connectivity index (χ1) is 8.93. The Balaban J connectivity index is 2.63. The van der Waals surface area contributed by atoms with Crippen LogP contribution in [-0.4, -0.2) is 41.8 Å². The van der Waals surface area contributed by atoms with Crippen molar-refractivity contribution in [1.82, 2.24) is 4.90 Å². The van der Waals surface area contributed by atoms with Crippen LogP contribution in [0.1, 0.15) is 12.0 Å². The number of ketones is 1. The van der Waals surface area contributed by atoms with Crippen molar-refractivity contribution in [2.75, 3.05) is 14.2 Å². The van der Waals surface area contributed by atoms with Crippen molar-refractivity contribution in [3.63, 3.8) is 0 Å². The normalized spacial score (nSPS) is 9.79. The molecule has 0 unspecified atom stereocenters. The second-order valence-electron chi connectivity index (χ2n) is 4.01. The van der Waals surface area contributed by atoms with Crippen LogP contribution in [0, 0.1) is 0 Å². The number of methoxy groups -OCH3 is 1. The third-order valence-corrected chi connectivity index (χ3v) is 2.53. The van der Waals surface area contributed by atoms with Crippen LogP contribution in [0.15, 0.2) is 24.3 Å². The minimum Gasteiger partial charge on any atom is -0.497 e. The van der Waals surface area contributed by atoms with E-state index in [2.05, 4.69) is 0 Å². The van der Waals surface area contributed by atoms with Gasteiger partial charge >= 0.3 is 5.97 Å². The Hall–Kier alpha value is -2.37. The third kappa shape index (κ3) is 4.42. The molecule has 0 saturated carbocycles. The Bertz CT molecular complexity index is 498. The average Bonchev–Trinajstić information content (AvgIpc) is 2.38. The van der Waals surface area contributed by atoms with Gasteiger partial charge in [0.15, 0.2) is 0 Å². The highest BCUT2D eigenvalue weighted by atomic mass is 16.5. The van der Waals surface area contributed by atoms with Crippen molar-refractivity contribution >= 4 is 17.7 Å². The summed E-state index contributed by atoms with van der Waals surface area (Å²) in [4.78, 5) is 34.2. The molecule has 0 radical (unpaired) electrons. The number of rotatable bonds is 6. The van der Waals surface area contributed by atoms with Crippen LogP contribution in [0.5, 0.6) is 5.75 Å². The highest BCUT2D eigenvalue weighted by molar-refractivity contribution is 6.36. The number of ether oxygens (including phenoxy) is 1. The van der Waals surface area contributed by atoms with Gasteiger partial charge in [-0.05, 0) is 17.7 Å². The molecule has 6 nitrogen and oxygen atoms in total. The summed E-state index contributed by atoms with van der Waals surface area (Å²) in [6.07, 6.45) is -0.629. The number of carbonyl (C=O) groups excluding carboxylic acids is 2. The molecule has 6 heteroatoms. The van der Waals surface area contributed by atoms with E-state index in [9.17, 15) is 14.4 Å². The van der Waals surface area contributed by atoms with Crippen molar-refractivity contribution < 1.29 is 24.2 Å². The van der Waals surface area contributed by atoms with Crippen LogP contribution in [0.3, 0.4) is 0 Å². The van der Waals surface area contributed by atoms with Crippen LogP contribution < -0.4 is 4.74 Å². The van der Waals surface area contributed by atoms with E-state index >= 15 is 0 Å². The van der Waals surface area contributed by atoms with E-state index in [0.717, 1.165) is 5.56 Å². The van der Waals surface area contributed by atoms with Gasteiger partial charge in [-0.2, -0.15) is 0 Å². The molecular formula is C13H15NO5. The van der Waals surface area contributed by atoms with Crippen LogP contribution in [-0.2, 0) is 20.9 Å². The number of amides is 1. The summed E-state index contributed by atoms with van der Waals surface area (Å²) in [5.74, 6) is -2.57. The number of aliphatic carboxylic acids is 1. The molecule has 0 saturated heterocycles. The largest absolute Gasteiger partial charge is 0.497 e. The quantitative estimate of drug-likeness (QED) is 0.604. The molecule has 0 fully saturated rings. The summed E-state index contributed by atoms with van der Waals surface area (Å²) in [5, 5.41) is 8.43. The molecule has 0 spiro atoms. The number of nitrogens with zero attached hydrogens (tertiary/aromatic N) is 1. The molecular weight excluding hydrogens is 250 g/mol. The lowest BCUT2D eigenvalue weighted by Gasteiger charge is -2.16. The van der Waals surface area contributed by atoms with Gasteiger partial charge in [0.2, 0.25) is 11.7 Å². The summed E-state index contributed by atoms with van der Waals surface area (Å²) < 4.78 is 5.06. The molecule has 0 aliphatic rings. The van der Waals surface area contributed by atoms with E-state index in [4.69, 9.17) is 9.84 Å². The minimum atomic E-state index is -1.59. The summed E-state index contributed by atoms with van der Waals surface area (Å²) >= 11 is 0. The molecule has 0 bridgehead atoms. The van der Waals surface area contributed by atoms with Gasteiger partial charge in [-0.15, -0.1) is 0 Å². The monoisotopic (exact) mass is 265 g/mol. The molecule has 0 heterocycles. The SMILES string of the molecule is COc1cccc(CN(C)C(=O)CC(=O)C(=O)O)c1. The van der Waals surface area contributed by atoms with Crippen molar-refractivity contribution in [3.05, 3.63) is 29.8 Å². The van der Waals surface area contributed by atoms with Crippen LogP contribution in [0.2, 0.25) is 0 Å². The fourth-order valence-electron chi connectivity index (χ4n) is 1.48. The number of carboxylic acids is 1.